The highest BCUT2D eigenvalue weighted by atomic mass is 35.5. The first-order valence-corrected chi connectivity index (χ1v) is 11.7. The molecule has 0 unspecified atom stereocenters. The van der Waals surface area contributed by atoms with Crippen LogP contribution in [0.2, 0.25) is 5.02 Å². The van der Waals surface area contributed by atoms with Crippen molar-refractivity contribution in [3.8, 4) is 5.69 Å². The van der Waals surface area contributed by atoms with E-state index in [-0.39, 0.29) is 17.5 Å². The minimum absolute atomic E-state index is 0.111. The molecular formula is C22H18ClFN4OS2. The third-order valence-corrected chi connectivity index (χ3v) is 6.54. The Balaban J connectivity index is 1.53. The minimum atomic E-state index is -0.355. The van der Waals surface area contributed by atoms with Crippen molar-refractivity contribution < 1.29 is 9.18 Å². The maximum absolute atomic E-state index is 13.7. The molecule has 0 saturated carbocycles. The number of nitrogens with one attached hydrogen (secondary N) is 1. The van der Waals surface area contributed by atoms with E-state index in [4.69, 9.17) is 11.6 Å². The van der Waals surface area contributed by atoms with Gasteiger partial charge in [-0.05, 0) is 60.3 Å². The van der Waals surface area contributed by atoms with Crippen molar-refractivity contribution in [2.24, 2.45) is 0 Å². The molecule has 158 valence electrons. The molecule has 2 aromatic carbocycles. The summed E-state index contributed by atoms with van der Waals surface area (Å²) >= 11 is 8.96. The van der Waals surface area contributed by atoms with E-state index in [1.165, 1.54) is 22.7 Å². The maximum atomic E-state index is 13.7. The van der Waals surface area contributed by atoms with E-state index in [1.54, 1.807) is 42.5 Å². The molecule has 0 saturated heterocycles. The standard InChI is InChI=1S/C22H18ClFN4OS2/c1-14-4-7-16(11-19(14)24)25-21(29)13-31-22-27-26-20(12-18-3-2-10-30-18)28(22)17-8-5-15(23)6-9-17/h2-11H,12-13H2,1H3,(H,25,29). The summed E-state index contributed by atoms with van der Waals surface area (Å²) in [5.41, 5.74) is 1.82. The summed E-state index contributed by atoms with van der Waals surface area (Å²) < 4.78 is 15.7. The summed E-state index contributed by atoms with van der Waals surface area (Å²) in [6.07, 6.45) is 0.628. The van der Waals surface area contributed by atoms with E-state index in [1.807, 2.05) is 34.2 Å². The van der Waals surface area contributed by atoms with Crippen LogP contribution in [0.15, 0.2) is 65.1 Å². The number of nitrogens with zero attached hydrogens (tertiary/aromatic N) is 3. The van der Waals surface area contributed by atoms with E-state index < -0.39 is 0 Å². The minimum Gasteiger partial charge on any atom is -0.325 e. The van der Waals surface area contributed by atoms with Crippen molar-refractivity contribution >= 4 is 46.3 Å². The monoisotopic (exact) mass is 472 g/mol. The highest BCUT2D eigenvalue weighted by Gasteiger charge is 2.17. The van der Waals surface area contributed by atoms with Crippen LogP contribution in [0, 0.1) is 12.7 Å². The molecule has 0 aliphatic rings. The number of aryl methyl sites for hydroxylation is 1. The predicted molar refractivity (Wildman–Crippen MR) is 124 cm³/mol. The Labute approximate surface area is 192 Å². The first-order valence-electron chi connectivity index (χ1n) is 9.41. The van der Waals surface area contributed by atoms with Crippen LogP contribution < -0.4 is 5.32 Å². The zero-order valence-electron chi connectivity index (χ0n) is 16.5. The second-order valence-electron chi connectivity index (χ2n) is 6.77. The van der Waals surface area contributed by atoms with Crippen LogP contribution in [0.5, 0.6) is 0 Å². The fourth-order valence-corrected chi connectivity index (χ4v) is 4.52. The van der Waals surface area contributed by atoms with Gasteiger partial charge < -0.3 is 5.32 Å². The summed E-state index contributed by atoms with van der Waals surface area (Å²) in [5, 5.41) is 14.6. The van der Waals surface area contributed by atoms with Crippen molar-refractivity contribution in [3.05, 3.63) is 87.1 Å². The van der Waals surface area contributed by atoms with Crippen molar-refractivity contribution in [1.29, 1.82) is 0 Å². The van der Waals surface area contributed by atoms with Crippen molar-refractivity contribution in [3.63, 3.8) is 0 Å². The Morgan fingerprint density at radius 2 is 2.00 bits per heavy atom. The molecule has 0 atom stereocenters. The maximum Gasteiger partial charge on any atom is 0.234 e. The van der Waals surface area contributed by atoms with Crippen LogP contribution in [-0.2, 0) is 11.2 Å². The van der Waals surface area contributed by atoms with Gasteiger partial charge in [0.1, 0.15) is 11.6 Å². The molecule has 0 radical (unpaired) electrons. The fourth-order valence-electron chi connectivity index (χ4n) is 2.92. The van der Waals surface area contributed by atoms with Crippen molar-refractivity contribution in [1.82, 2.24) is 14.8 Å². The van der Waals surface area contributed by atoms with Gasteiger partial charge in [0.15, 0.2) is 5.16 Å². The largest absolute Gasteiger partial charge is 0.325 e. The Kier molecular flexibility index (Phi) is 6.70. The molecule has 1 amide bonds. The van der Waals surface area contributed by atoms with Gasteiger partial charge in [0.25, 0.3) is 0 Å². The van der Waals surface area contributed by atoms with E-state index in [9.17, 15) is 9.18 Å². The Morgan fingerprint density at radius 1 is 1.19 bits per heavy atom. The van der Waals surface area contributed by atoms with Gasteiger partial charge in [0.2, 0.25) is 5.91 Å². The Hall–Kier alpha value is -2.68. The van der Waals surface area contributed by atoms with Crippen LogP contribution in [-0.4, -0.2) is 26.4 Å². The second-order valence-corrected chi connectivity index (χ2v) is 9.18. The molecule has 4 rings (SSSR count). The summed E-state index contributed by atoms with van der Waals surface area (Å²) in [6.45, 7) is 1.67. The quantitative estimate of drug-likeness (QED) is 0.348. The summed E-state index contributed by atoms with van der Waals surface area (Å²) in [4.78, 5) is 13.6. The molecule has 31 heavy (non-hydrogen) atoms. The highest BCUT2D eigenvalue weighted by Crippen LogP contribution is 2.26. The zero-order valence-corrected chi connectivity index (χ0v) is 18.9. The van der Waals surface area contributed by atoms with Crippen molar-refractivity contribution in [2.45, 2.75) is 18.5 Å². The lowest BCUT2D eigenvalue weighted by molar-refractivity contribution is -0.113. The number of carbonyl (C=O) groups excluding carboxylic acids is 1. The van der Waals surface area contributed by atoms with Gasteiger partial charge >= 0.3 is 0 Å². The molecular weight excluding hydrogens is 455 g/mol. The van der Waals surface area contributed by atoms with Crippen LogP contribution in [0.25, 0.3) is 5.69 Å². The first-order chi connectivity index (χ1) is 15.0. The lowest BCUT2D eigenvalue weighted by Crippen LogP contribution is -2.15. The number of benzene rings is 2. The summed E-state index contributed by atoms with van der Waals surface area (Å²) in [6, 6.07) is 16.1. The van der Waals surface area contributed by atoms with E-state index in [0.29, 0.717) is 27.9 Å². The molecule has 0 bridgehead atoms. The number of thiophene rings is 1. The van der Waals surface area contributed by atoms with Crippen molar-refractivity contribution in [2.75, 3.05) is 11.1 Å². The van der Waals surface area contributed by atoms with Gasteiger partial charge in [-0.25, -0.2) is 4.39 Å². The van der Waals surface area contributed by atoms with Crippen LogP contribution in [0.1, 0.15) is 16.3 Å². The predicted octanol–water partition coefficient (Wildman–Crippen LogP) is 5.75. The number of hydrogen-bond acceptors (Lipinski definition) is 5. The second kappa shape index (κ2) is 9.64. The van der Waals surface area contributed by atoms with Crippen LogP contribution in [0.4, 0.5) is 10.1 Å². The number of rotatable bonds is 7. The number of aromatic nitrogens is 3. The van der Waals surface area contributed by atoms with E-state index >= 15 is 0 Å². The molecule has 5 nitrogen and oxygen atoms in total. The average molecular weight is 473 g/mol. The van der Waals surface area contributed by atoms with Crippen LogP contribution >= 0.6 is 34.7 Å². The molecule has 9 heteroatoms. The zero-order chi connectivity index (χ0) is 21.8. The Bertz CT molecular complexity index is 1190. The lowest BCUT2D eigenvalue weighted by atomic mass is 10.2. The topological polar surface area (TPSA) is 59.8 Å². The van der Waals surface area contributed by atoms with Gasteiger partial charge in [-0.1, -0.05) is 35.5 Å². The number of amides is 1. The molecule has 0 aliphatic carbocycles. The van der Waals surface area contributed by atoms with Gasteiger partial charge in [0.05, 0.1) is 5.75 Å². The molecule has 2 aromatic heterocycles. The van der Waals surface area contributed by atoms with E-state index in [2.05, 4.69) is 15.5 Å². The highest BCUT2D eigenvalue weighted by molar-refractivity contribution is 7.99. The number of anilines is 1. The molecule has 1 N–H and O–H groups in total. The number of carbonyl (C=O) groups is 1. The number of hydrogen-bond donors (Lipinski definition) is 1. The average Bonchev–Trinajstić information content (AvgIpc) is 3.40. The Morgan fingerprint density at radius 3 is 2.71 bits per heavy atom. The first kappa shape index (κ1) is 21.5. The fraction of sp³-hybridized carbons (Fsp3) is 0.136. The van der Waals surface area contributed by atoms with Gasteiger partial charge in [-0.15, -0.1) is 21.5 Å². The smallest absolute Gasteiger partial charge is 0.234 e. The SMILES string of the molecule is Cc1ccc(NC(=O)CSc2nnc(Cc3cccs3)n2-c2ccc(Cl)cc2)cc1F. The van der Waals surface area contributed by atoms with Gasteiger partial charge in [-0.2, -0.15) is 0 Å². The molecule has 0 aliphatic heterocycles. The number of thioether (sulfide) groups is 1. The number of halogens is 2. The van der Waals surface area contributed by atoms with Crippen LogP contribution in [0.3, 0.4) is 0 Å². The third-order valence-electron chi connectivity index (χ3n) is 4.49. The van der Waals surface area contributed by atoms with E-state index in [0.717, 1.165) is 11.5 Å². The molecule has 0 fully saturated rings. The molecule has 4 aromatic rings. The molecule has 0 spiro atoms. The summed E-state index contributed by atoms with van der Waals surface area (Å²) in [7, 11) is 0. The molecule has 2 heterocycles. The third kappa shape index (κ3) is 5.33. The lowest BCUT2D eigenvalue weighted by Gasteiger charge is -2.10. The van der Waals surface area contributed by atoms with Gasteiger partial charge in [-0.3, -0.25) is 9.36 Å². The summed E-state index contributed by atoms with van der Waals surface area (Å²) in [5.74, 6) is 0.276. The normalized spacial score (nSPS) is 10.9. The van der Waals surface area contributed by atoms with Gasteiger partial charge in [0, 0.05) is 27.7 Å².